The molecule has 0 saturated heterocycles. The zero-order chi connectivity index (χ0) is 21.3. The van der Waals surface area contributed by atoms with E-state index in [1.807, 2.05) is 6.92 Å². The number of carbonyl (C=O) groups excluding carboxylic acids is 2. The van der Waals surface area contributed by atoms with Crippen LogP contribution in [0.4, 0.5) is 0 Å². The van der Waals surface area contributed by atoms with Crippen LogP contribution in [0.25, 0.3) is 0 Å². The third-order valence-electron chi connectivity index (χ3n) is 6.73. The maximum atomic E-state index is 12.6. The Hall–Kier alpha value is -1.23. The van der Waals surface area contributed by atoms with Crippen molar-refractivity contribution < 1.29 is 24.6 Å². The van der Waals surface area contributed by atoms with Gasteiger partial charge in [0.2, 0.25) is 5.78 Å². The molecular weight excluding hydrogens is 356 g/mol. The molecule has 0 aromatic carbocycles. The number of aliphatic hydroxyl groups excluding tert-OH is 1. The van der Waals surface area contributed by atoms with Crippen LogP contribution < -0.4 is 0 Å². The van der Waals surface area contributed by atoms with Gasteiger partial charge in [0, 0.05) is 18.3 Å². The zero-order valence-electron chi connectivity index (χ0n) is 18.2. The molecule has 1 aliphatic carbocycles. The highest BCUT2D eigenvalue weighted by molar-refractivity contribution is 6.32. The first-order chi connectivity index (χ1) is 13.1. The van der Waals surface area contributed by atoms with Gasteiger partial charge in [0.05, 0.1) is 6.10 Å². The van der Waals surface area contributed by atoms with Gasteiger partial charge >= 0.3 is 5.97 Å². The number of aliphatic carboxylic acids is 1. The summed E-state index contributed by atoms with van der Waals surface area (Å²) in [6.45, 7) is 8.31. The molecule has 1 fully saturated rings. The number of aliphatic hydroxyl groups is 1. The van der Waals surface area contributed by atoms with E-state index in [-0.39, 0.29) is 23.9 Å². The van der Waals surface area contributed by atoms with E-state index in [2.05, 4.69) is 20.8 Å². The van der Waals surface area contributed by atoms with Gasteiger partial charge in [-0.25, -0.2) is 4.79 Å². The van der Waals surface area contributed by atoms with Gasteiger partial charge in [0.25, 0.3) is 0 Å². The van der Waals surface area contributed by atoms with E-state index in [0.29, 0.717) is 24.0 Å². The molecule has 5 nitrogen and oxygen atoms in total. The molecular formula is C23H40O5. The Morgan fingerprint density at radius 3 is 2.46 bits per heavy atom. The Bertz CT molecular complexity index is 529. The van der Waals surface area contributed by atoms with Crippen molar-refractivity contribution in [1.82, 2.24) is 0 Å². The molecule has 1 aliphatic rings. The lowest BCUT2D eigenvalue weighted by atomic mass is 9.72. The summed E-state index contributed by atoms with van der Waals surface area (Å²) in [6.07, 6.45) is 8.41. The van der Waals surface area contributed by atoms with E-state index >= 15 is 0 Å². The summed E-state index contributed by atoms with van der Waals surface area (Å²) in [4.78, 5) is 34.6. The highest BCUT2D eigenvalue weighted by atomic mass is 16.4. The number of ketones is 2. The van der Waals surface area contributed by atoms with Crippen molar-refractivity contribution >= 4 is 17.5 Å². The van der Waals surface area contributed by atoms with E-state index in [1.165, 1.54) is 0 Å². The zero-order valence-corrected chi connectivity index (χ0v) is 18.2. The second-order valence-electron chi connectivity index (χ2n) is 9.37. The van der Waals surface area contributed by atoms with Crippen molar-refractivity contribution in [2.45, 2.75) is 104 Å². The number of carbonyl (C=O) groups is 3. The van der Waals surface area contributed by atoms with Gasteiger partial charge in [0.15, 0.2) is 0 Å². The SMILES string of the molecule is CCCC(C)CC(O)CC[C@H]1CCC(=O)[C@]1(C)CCCC(C)CC(=O)C(=O)O. The molecule has 0 aromatic rings. The summed E-state index contributed by atoms with van der Waals surface area (Å²) in [5.74, 6) is -0.917. The van der Waals surface area contributed by atoms with E-state index in [9.17, 15) is 19.5 Å². The fraction of sp³-hybridized carbons (Fsp3) is 0.870. The van der Waals surface area contributed by atoms with Gasteiger partial charge in [0.1, 0.15) is 5.78 Å². The fourth-order valence-electron chi connectivity index (χ4n) is 4.85. The lowest BCUT2D eigenvalue weighted by Crippen LogP contribution is -2.30. The van der Waals surface area contributed by atoms with Crippen molar-refractivity contribution in [2.75, 3.05) is 0 Å². The minimum Gasteiger partial charge on any atom is -0.476 e. The van der Waals surface area contributed by atoms with Gasteiger partial charge in [-0.05, 0) is 49.9 Å². The van der Waals surface area contributed by atoms with Crippen molar-refractivity contribution in [1.29, 1.82) is 0 Å². The topological polar surface area (TPSA) is 91.7 Å². The predicted molar refractivity (Wildman–Crippen MR) is 110 cm³/mol. The van der Waals surface area contributed by atoms with Gasteiger partial charge in [-0.1, -0.05) is 53.4 Å². The fourth-order valence-corrected chi connectivity index (χ4v) is 4.85. The molecule has 0 amide bonds. The minimum absolute atomic E-state index is 0.0176. The number of carboxylic acids is 1. The van der Waals surface area contributed by atoms with Crippen LogP contribution in [-0.4, -0.2) is 33.9 Å². The Balaban J connectivity index is 2.47. The molecule has 0 radical (unpaired) electrons. The van der Waals surface area contributed by atoms with Gasteiger partial charge in [-0.3, -0.25) is 9.59 Å². The molecule has 28 heavy (non-hydrogen) atoms. The van der Waals surface area contributed by atoms with E-state index in [4.69, 9.17) is 5.11 Å². The highest BCUT2D eigenvalue weighted by Gasteiger charge is 2.44. The number of Topliss-reactive ketones (excluding diaryl/α,β-unsaturated/α-hetero) is 2. The summed E-state index contributed by atoms with van der Waals surface area (Å²) < 4.78 is 0. The van der Waals surface area contributed by atoms with Crippen molar-refractivity contribution in [3.05, 3.63) is 0 Å². The van der Waals surface area contributed by atoms with Crippen LogP contribution in [0.3, 0.4) is 0 Å². The molecule has 5 heteroatoms. The summed E-state index contributed by atoms with van der Waals surface area (Å²) in [7, 11) is 0. The first-order valence-electron chi connectivity index (χ1n) is 11.1. The summed E-state index contributed by atoms with van der Waals surface area (Å²) >= 11 is 0. The predicted octanol–water partition coefficient (Wildman–Crippen LogP) is 4.79. The van der Waals surface area contributed by atoms with Crippen LogP contribution in [0.5, 0.6) is 0 Å². The molecule has 0 aliphatic heterocycles. The third kappa shape index (κ3) is 7.65. The molecule has 0 bridgehead atoms. The summed E-state index contributed by atoms with van der Waals surface area (Å²) in [6, 6.07) is 0. The number of rotatable bonds is 14. The van der Waals surface area contributed by atoms with Gasteiger partial charge < -0.3 is 10.2 Å². The van der Waals surface area contributed by atoms with Gasteiger partial charge in [-0.15, -0.1) is 0 Å². The van der Waals surface area contributed by atoms with Crippen LogP contribution in [0, 0.1) is 23.2 Å². The second-order valence-corrected chi connectivity index (χ2v) is 9.37. The van der Waals surface area contributed by atoms with Crippen LogP contribution in [0.1, 0.15) is 98.3 Å². The van der Waals surface area contributed by atoms with Crippen LogP contribution >= 0.6 is 0 Å². The first kappa shape index (κ1) is 24.8. The third-order valence-corrected chi connectivity index (χ3v) is 6.73. The lowest BCUT2D eigenvalue weighted by Gasteiger charge is -2.31. The minimum atomic E-state index is -1.36. The van der Waals surface area contributed by atoms with Crippen LogP contribution in [0.2, 0.25) is 0 Å². The largest absolute Gasteiger partial charge is 0.476 e. The van der Waals surface area contributed by atoms with Crippen LogP contribution in [-0.2, 0) is 14.4 Å². The maximum absolute atomic E-state index is 12.6. The monoisotopic (exact) mass is 396 g/mol. The van der Waals surface area contributed by atoms with E-state index in [0.717, 1.165) is 57.8 Å². The van der Waals surface area contributed by atoms with Crippen molar-refractivity contribution in [2.24, 2.45) is 23.2 Å². The number of hydrogen-bond donors (Lipinski definition) is 2. The maximum Gasteiger partial charge on any atom is 0.372 e. The van der Waals surface area contributed by atoms with Crippen LogP contribution in [0.15, 0.2) is 0 Å². The molecule has 1 saturated carbocycles. The average molecular weight is 397 g/mol. The first-order valence-corrected chi connectivity index (χ1v) is 11.1. The second kappa shape index (κ2) is 11.7. The number of carboxylic acid groups (broad SMARTS) is 1. The molecule has 3 unspecified atom stereocenters. The van der Waals surface area contributed by atoms with E-state index in [1.54, 1.807) is 0 Å². The average Bonchev–Trinajstić information content (AvgIpc) is 2.87. The normalized spacial score (nSPS) is 25.5. The smallest absolute Gasteiger partial charge is 0.372 e. The Labute approximate surface area is 170 Å². The van der Waals surface area contributed by atoms with Crippen molar-refractivity contribution in [3.63, 3.8) is 0 Å². The molecule has 0 spiro atoms. The van der Waals surface area contributed by atoms with Gasteiger partial charge in [-0.2, -0.15) is 0 Å². The number of hydrogen-bond acceptors (Lipinski definition) is 4. The molecule has 0 heterocycles. The Kier molecular flexibility index (Phi) is 10.4. The summed E-state index contributed by atoms with van der Waals surface area (Å²) in [5.41, 5.74) is -0.342. The lowest BCUT2D eigenvalue weighted by molar-refractivity contribution is -0.149. The molecule has 162 valence electrons. The Morgan fingerprint density at radius 2 is 1.86 bits per heavy atom. The van der Waals surface area contributed by atoms with E-state index < -0.39 is 11.8 Å². The van der Waals surface area contributed by atoms with Crippen molar-refractivity contribution in [3.8, 4) is 0 Å². The quantitative estimate of drug-likeness (QED) is 0.412. The molecule has 0 aromatic heterocycles. The highest BCUT2D eigenvalue weighted by Crippen LogP contribution is 2.46. The molecule has 2 N–H and O–H groups in total. The summed E-state index contributed by atoms with van der Waals surface area (Å²) in [5, 5.41) is 19.1. The Morgan fingerprint density at radius 1 is 1.18 bits per heavy atom. The molecule has 1 rings (SSSR count). The molecule has 5 atom stereocenters. The standard InChI is InChI=1S/C23H40O5/c1-5-7-16(2)14-19(24)11-9-18-10-12-21(26)23(18,4)13-6-8-17(3)15-20(25)22(27)28/h16-19,24H,5-15H2,1-4H3,(H,27,28)/t16?,17?,18-,19?,23+/m0/s1.